The molecule has 2 heterocycles. The third-order valence-electron chi connectivity index (χ3n) is 6.89. The molecule has 1 aliphatic rings. The lowest BCUT2D eigenvalue weighted by Crippen LogP contribution is -2.31. The first-order chi connectivity index (χ1) is 17.7. The first-order valence-corrected chi connectivity index (χ1v) is 13.6. The molecular formula is C29H31N5OS. The maximum atomic E-state index is 13.2. The number of thioether (sulfide) groups is 1. The maximum Gasteiger partial charge on any atom is 0.231 e. The van der Waals surface area contributed by atoms with Crippen molar-refractivity contribution in [2.75, 3.05) is 5.75 Å². The van der Waals surface area contributed by atoms with E-state index in [-0.39, 0.29) is 17.7 Å². The number of amides is 1. The topological polar surface area (TPSA) is 72.7 Å². The summed E-state index contributed by atoms with van der Waals surface area (Å²) in [5, 5.41) is 13.1. The molecule has 4 aromatic rings. The fourth-order valence-corrected chi connectivity index (χ4v) is 5.83. The van der Waals surface area contributed by atoms with Crippen LogP contribution in [0.1, 0.15) is 55.8 Å². The molecule has 0 radical (unpaired) electrons. The smallest absolute Gasteiger partial charge is 0.231 e. The third-order valence-corrected chi connectivity index (χ3v) is 7.83. The Hall–Kier alpha value is -3.45. The van der Waals surface area contributed by atoms with Crippen LogP contribution in [0.4, 0.5) is 0 Å². The molecule has 1 fully saturated rings. The zero-order valence-electron chi connectivity index (χ0n) is 20.5. The van der Waals surface area contributed by atoms with Gasteiger partial charge in [-0.3, -0.25) is 14.3 Å². The summed E-state index contributed by atoms with van der Waals surface area (Å²) in [4.78, 5) is 17.5. The molecule has 0 saturated heterocycles. The van der Waals surface area contributed by atoms with Crippen molar-refractivity contribution >= 4 is 17.7 Å². The number of rotatable bonds is 8. The first-order valence-electron chi connectivity index (χ1n) is 12.6. The van der Waals surface area contributed by atoms with Crippen molar-refractivity contribution in [1.82, 2.24) is 25.1 Å². The predicted octanol–water partition coefficient (Wildman–Crippen LogP) is 6.09. The SMILES string of the molecule is C[C@H]1CCCC[C@H]1n1c(SCC(=O)NC(c2ccccc2)c2ccccc2)nnc1-c1cccnc1. The highest BCUT2D eigenvalue weighted by Gasteiger charge is 2.29. The molecule has 7 heteroatoms. The van der Waals surface area contributed by atoms with Crippen molar-refractivity contribution in [3.8, 4) is 11.4 Å². The zero-order chi connectivity index (χ0) is 24.7. The Bertz CT molecular complexity index is 1220. The van der Waals surface area contributed by atoms with Crippen molar-refractivity contribution < 1.29 is 4.79 Å². The van der Waals surface area contributed by atoms with E-state index in [1.807, 2.05) is 79.0 Å². The Labute approximate surface area is 216 Å². The van der Waals surface area contributed by atoms with Crippen LogP contribution in [0.25, 0.3) is 11.4 Å². The minimum atomic E-state index is -0.206. The molecule has 5 rings (SSSR count). The van der Waals surface area contributed by atoms with Crippen LogP contribution in [-0.2, 0) is 4.79 Å². The van der Waals surface area contributed by atoms with Gasteiger partial charge in [-0.05, 0) is 42.0 Å². The van der Waals surface area contributed by atoms with E-state index >= 15 is 0 Å². The van der Waals surface area contributed by atoms with Crippen LogP contribution >= 0.6 is 11.8 Å². The van der Waals surface area contributed by atoms with Crippen molar-refractivity contribution in [1.29, 1.82) is 0 Å². The van der Waals surface area contributed by atoms with Crippen LogP contribution < -0.4 is 5.32 Å². The van der Waals surface area contributed by atoms with Crippen molar-refractivity contribution in [3.63, 3.8) is 0 Å². The molecule has 184 valence electrons. The van der Waals surface area contributed by atoms with Crippen LogP contribution in [0.5, 0.6) is 0 Å². The monoisotopic (exact) mass is 497 g/mol. The second kappa shape index (κ2) is 11.5. The van der Waals surface area contributed by atoms with Gasteiger partial charge in [0.1, 0.15) is 0 Å². The van der Waals surface area contributed by atoms with Gasteiger partial charge in [-0.25, -0.2) is 0 Å². The third kappa shape index (κ3) is 5.51. The van der Waals surface area contributed by atoms with Gasteiger partial charge in [0.15, 0.2) is 11.0 Å². The van der Waals surface area contributed by atoms with E-state index in [0.29, 0.717) is 12.0 Å². The van der Waals surface area contributed by atoms with Crippen LogP contribution in [0, 0.1) is 5.92 Å². The Morgan fingerprint density at radius 2 is 1.67 bits per heavy atom. The first kappa shape index (κ1) is 24.3. The maximum absolute atomic E-state index is 13.2. The molecule has 1 amide bonds. The van der Waals surface area contributed by atoms with Gasteiger partial charge in [0.05, 0.1) is 11.8 Å². The van der Waals surface area contributed by atoms with Crippen LogP contribution in [-0.4, -0.2) is 31.4 Å². The van der Waals surface area contributed by atoms with Crippen molar-refractivity contribution in [3.05, 3.63) is 96.3 Å². The minimum Gasteiger partial charge on any atom is -0.344 e. The summed E-state index contributed by atoms with van der Waals surface area (Å²) in [5.74, 6) is 1.59. The second-order valence-corrected chi connectivity index (χ2v) is 10.3. The van der Waals surface area contributed by atoms with Gasteiger partial charge in [-0.2, -0.15) is 0 Å². The van der Waals surface area contributed by atoms with Gasteiger partial charge in [-0.15, -0.1) is 10.2 Å². The predicted molar refractivity (Wildman–Crippen MR) is 144 cm³/mol. The van der Waals surface area contributed by atoms with E-state index in [1.165, 1.54) is 31.0 Å². The quantitative estimate of drug-likeness (QED) is 0.298. The molecule has 0 unspecified atom stereocenters. The summed E-state index contributed by atoms with van der Waals surface area (Å²) in [7, 11) is 0. The number of nitrogens with one attached hydrogen (secondary N) is 1. The van der Waals surface area contributed by atoms with E-state index in [9.17, 15) is 4.79 Å². The average molecular weight is 498 g/mol. The lowest BCUT2D eigenvalue weighted by Gasteiger charge is -2.31. The number of hydrogen-bond acceptors (Lipinski definition) is 5. The Kier molecular flexibility index (Phi) is 7.76. The number of hydrogen-bond donors (Lipinski definition) is 1. The fraction of sp³-hybridized carbons (Fsp3) is 0.310. The summed E-state index contributed by atoms with van der Waals surface area (Å²) < 4.78 is 2.25. The summed E-state index contributed by atoms with van der Waals surface area (Å²) in [6.07, 6.45) is 8.34. The van der Waals surface area contributed by atoms with Gasteiger partial charge < -0.3 is 5.32 Å². The Morgan fingerprint density at radius 3 is 2.31 bits per heavy atom. The lowest BCUT2D eigenvalue weighted by molar-refractivity contribution is -0.119. The number of carbonyl (C=O) groups excluding carboxylic acids is 1. The normalized spacial score (nSPS) is 17.7. The molecule has 2 atom stereocenters. The van der Waals surface area contributed by atoms with Gasteiger partial charge in [-0.1, -0.05) is 92.2 Å². The molecule has 0 aliphatic heterocycles. The molecule has 36 heavy (non-hydrogen) atoms. The van der Waals surface area contributed by atoms with Crippen LogP contribution in [0.2, 0.25) is 0 Å². The van der Waals surface area contributed by atoms with E-state index in [1.54, 1.807) is 6.20 Å². The average Bonchev–Trinajstić information content (AvgIpc) is 3.36. The van der Waals surface area contributed by atoms with Crippen LogP contribution in [0.15, 0.2) is 90.3 Å². The molecule has 1 N–H and O–H groups in total. The molecule has 6 nitrogen and oxygen atoms in total. The van der Waals surface area contributed by atoms with Gasteiger partial charge in [0.25, 0.3) is 0 Å². The molecule has 0 spiro atoms. The summed E-state index contributed by atoms with van der Waals surface area (Å²) in [6, 6.07) is 24.2. The molecule has 0 bridgehead atoms. The molecule has 2 aromatic carbocycles. The summed E-state index contributed by atoms with van der Waals surface area (Å²) in [5.41, 5.74) is 3.06. The Morgan fingerprint density at radius 1 is 0.972 bits per heavy atom. The summed E-state index contributed by atoms with van der Waals surface area (Å²) >= 11 is 1.46. The van der Waals surface area contributed by atoms with Gasteiger partial charge >= 0.3 is 0 Å². The lowest BCUT2D eigenvalue weighted by atomic mass is 9.85. The molecule has 2 aromatic heterocycles. The molecular weight excluding hydrogens is 466 g/mol. The van der Waals surface area contributed by atoms with E-state index in [4.69, 9.17) is 0 Å². The molecule has 1 aliphatic carbocycles. The van der Waals surface area contributed by atoms with E-state index in [2.05, 4.69) is 32.0 Å². The highest BCUT2D eigenvalue weighted by Crippen LogP contribution is 2.39. The highest BCUT2D eigenvalue weighted by atomic mass is 32.2. The van der Waals surface area contributed by atoms with Crippen LogP contribution in [0.3, 0.4) is 0 Å². The second-order valence-electron chi connectivity index (χ2n) is 9.36. The van der Waals surface area contributed by atoms with Gasteiger partial charge in [0, 0.05) is 24.0 Å². The standard InChI is InChI=1S/C29H31N5OS/c1-21-11-8-9-17-25(21)34-28(24-16-10-18-30-19-24)32-33-29(34)36-20-26(35)31-27(22-12-4-2-5-13-22)23-14-6-3-7-15-23/h2-7,10,12-16,18-19,21,25,27H,8-9,11,17,20H2,1H3,(H,31,35)/t21-,25+/m0/s1. The Balaban J connectivity index is 1.37. The number of pyridine rings is 1. The van der Waals surface area contributed by atoms with Crippen molar-refractivity contribution in [2.45, 2.75) is 49.8 Å². The number of benzene rings is 2. The van der Waals surface area contributed by atoms with E-state index < -0.39 is 0 Å². The molecule has 1 saturated carbocycles. The number of carbonyl (C=O) groups is 1. The van der Waals surface area contributed by atoms with E-state index in [0.717, 1.165) is 34.1 Å². The van der Waals surface area contributed by atoms with Crippen molar-refractivity contribution in [2.24, 2.45) is 5.92 Å². The number of aromatic nitrogens is 4. The van der Waals surface area contributed by atoms with Gasteiger partial charge in [0.2, 0.25) is 5.91 Å². The minimum absolute atomic E-state index is 0.0353. The zero-order valence-corrected chi connectivity index (χ0v) is 21.3. The summed E-state index contributed by atoms with van der Waals surface area (Å²) in [6.45, 7) is 2.31. The highest BCUT2D eigenvalue weighted by molar-refractivity contribution is 7.99. The largest absolute Gasteiger partial charge is 0.344 e. The fourth-order valence-electron chi connectivity index (χ4n) is 5.03. The number of nitrogens with zero attached hydrogens (tertiary/aromatic N) is 4.